The second-order valence-corrected chi connectivity index (χ2v) is 6.35. The van der Waals surface area contributed by atoms with Crippen molar-refractivity contribution in [2.75, 3.05) is 7.11 Å². The predicted octanol–water partition coefficient (Wildman–Crippen LogP) is 3.80. The van der Waals surface area contributed by atoms with Gasteiger partial charge in [-0.15, -0.1) is 0 Å². The molecule has 1 aliphatic rings. The lowest BCUT2D eigenvalue weighted by Gasteiger charge is -2.08. The van der Waals surface area contributed by atoms with Gasteiger partial charge in [0.05, 0.1) is 23.5 Å². The molecule has 0 radical (unpaired) electrons. The third-order valence-electron chi connectivity index (χ3n) is 3.90. The molecule has 22 heavy (non-hydrogen) atoms. The van der Waals surface area contributed by atoms with E-state index in [1.54, 1.807) is 12.1 Å². The number of ketones is 1. The van der Waals surface area contributed by atoms with Gasteiger partial charge in [-0.25, -0.2) is 0 Å². The van der Waals surface area contributed by atoms with E-state index in [-0.39, 0.29) is 11.8 Å². The molecule has 0 bridgehead atoms. The lowest BCUT2D eigenvalue weighted by molar-refractivity contribution is -0.142. The van der Waals surface area contributed by atoms with Crippen LogP contribution < -0.4 is 0 Å². The van der Waals surface area contributed by atoms with E-state index in [1.807, 2.05) is 22.8 Å². The third-order valence-corrected chi connectivity index (χ3v) is 4.89. The number of hydrogen-bond donors (Lipinski definition) is 0. The van der Waals surface area contributed by atoms with Crippen LogP contribution in [0.3, 0.4) is 0 Å². The average Bonchev–Trinajstić information content (AvgIpc) is 3.08. The molecule has 4 nitrogen and oxygen atoms in total. The van der Waals surface area contributed by atoms with Crippen LogP contribution in [-0.4, -0.2) is 23.4 Å². The van der Waals surface area contributed by atoms with Crippen molar-refractivity contribution in [1.29, 1.82) is 0 Å². The van der Waals surface area contributed by atoms with Crippen molar-refractivity contribution in [2.45, 2.75) is 18.9 Å². The van der Waals surface area contributed by atoms with Crippen LogP contribution in [0.25, 0.3) is 0 Å². The van der Waals surface area contributed by atoms with Crippen molar-refractivity contribution in [3.8, 4) is 0 Å². The van der Waals surface area contributed by atoms with Crippen LogP contribution in [0.1, 0.15) is 34.1 Å². The van der Waals surface area contributed by atoms with Crippen LogP contribution >= 0.6 is 27.5 Å². The molecule has 0 saturated carbocycles. The Morgan fingerprint density at radius 1 is 1.36 bits per heavy atom. The number of rotatable bonds is 3. The number of methoxy groups -OCH3 is 1. The summed E-state index contributed by atoms with van der Waals surface area (Å²) in [5.41, 5.74) is 1.74. The second-order valence-electron chi connectivity index (χ2n) is 5.09. The fourth-order valence-electron chi connectivity index (χ4n) is 2.86. The van der Waals surface area contributed by atoms with E-state index in [4.69, 9.17) is 16.3 Å². The van der Waals surface area contributed by atoms with Crippen LogP contribution in [0, 0.1) is 0 Å². The predicted molar refractivity (Wildman–Crippen MR) is 86.4 cm³/mol. The lowest BCUT2D eigenvalue weighted by Crippen LogP contribution is -2.12. The quantitative estimate of drug-likeness (QED) is 0.599. The molecular formula is C16H13BrClNO3. The molecular weight excluding hydrogens is 370 g/mol. The Morgan fingerprint density at radius 3 is 2.77 bits per heavy atom. The second kappa shape index (κ2) is 5.89. The molecule has 1 unspecified atom stereocenters. The van der Waals surface area contributed by atoms with Crippen molar-refractivity contribution in [2.24, 2.45) is 0 Å². The van der Waals surface area contributed by atoms with E-state index in [0.29, 0.717) is 34.9 Å². The molecule has 114 valence electrons. The molecule has 1 aliphatic heterocycles. The summed E-state index contributed by atoms with van der Waals surface area (Å²) < 4.78 is 7.37. The maximum atomic E-state index is 12.8. The minimum Gasteiger partial charge on any atom is -0.469 e. The number of benzene rings is 1. The molecule has 0 spiro atoms. The van der Waals surface area contributed by atoms with Crippen molar-refractivity contribution in [1.82, 2.24) is 4.57 Å². The van der Waals surface area contributed by atoms with Gasteiger partial charge in [-0.1, -0.05) is 39.7 Å². The first-order chi connectivity index (χ1) is 10.5. The Kier molecular flexibility index (Phi) is 4.10. The summed E-state index contributed by atoms with van der Waals surface area (Å²) >= 11 is 9.66. The van der Waals surface area contributed by atoms with Crippen LogP contribution in [0.2, 0.25) is 5.02 Å². The highest BCUT2D eigenvalue weighted by Crippen LogP contribution is 2.38. The summed E-state index contributed by atoms with van der Waals surface area (Å²) in [6.07, 6.45) is 0.596. The molecule has 0 fully saturated rings. The summed E-state index contributed by atoms with van der Waals surface area (Å²) in [4.78, 5) is 24.6. The van der Waals surface area contributed by atoms with Gasteiger partial charge in [-0.2, -0.15) is 0 Å². The highest BCUT2D eigenvalue weighted by molar-refractivity contribution is 9.10. The van der Waals surface area contributed by atoms with Crippen molar-refractivity contribution in [3.05, 3.63) is 56.8 Å². The molecule has 0 aliphatic carbocycles. The molecule has 0 amide bonds. The summed E-state index contributed by atoms with van der Waals surface area (Å²) in [5, 5.41) is 0.434. The number of nitrogens with zero attached hydrogens (tertiary/aromatic N) is 1. The lowest BCUT2D eigenvalue weighted by atomic mass is 10.1. The summed E-state index contributed by atoms with van der Waals surface area (Å²) in [6, 6.07) is 8.87. The van der Waals surface area contributed by atoms with Gasteiger partial charge in [0.25, 0.3) is 0 Å². The van der Waals surface area contributed by atoms with Crippen LogP contribution in [0.15, 0.2) is 34.8 Å². The number of fused-ring (bicyclic) bond motifs is 1. The van der Waals surface area contributed by atoms with E-state index in [2.05, 4.69) is 15.9 Å². The number of halogens is 2. The first-order valence-corrected chi connectivity index (χ1v) is 7.97. The summed E-state index contributed by atoms with van der Waals surface area (Å²) in [5.74, 6) is -0.844. The van der Waals surface area contributed by atoms with E-state index < -0.39 is 5.92 Å². The smallest absolute Gasteiger partial charge is 0.314 e. The van der Waals surface area contributed by atoms with Crippen molar-refractivity contribution in [3.63, 3.8) is 0 Å². The Balaban J connectivity index is 2.05. The third kappa shape index (κ3) is 2.38. The fraction of sp³-hybridized carbons (Fsp3) is 0.250. The molecule has 2 aromatic rings. The Bertz CT molecular complexity index is 769. The van der Waals surface area contributed by atoms with Gasteiger partial charge in [0.15, 0.2) is 0 Å². The van der Waals surface area contributed by atoms with Gasteiger partial charge in [0, 0.05) is 16.6 Å². The summed E-state index contributed by atoms with van der Waals surface area (Å²) in [7, 11) is 1.36. The number of esters is 1. The Labute approximate surface area is 141 Å². The molecule has 1 atom stereocenters. The zero-order chi connectivity index (χ0) is 15.9. The van der Waals surface area contributed by atoms with Gasteiger partial charge < -0.3 is 9.30 Å². The number of ether oxygens (including phenoxy) is 1. The standard InChI is InChI=1S/C16H13BrClNO3/c1-22-16(21)10-6-7-19-13(8-12(18)14(10)19)15(20)9-4-2-3-5-11(9)17/h2-5,8,10H,6-7H2,1H3. The van der Waals surface area contributed by atoms with Crippen molar-refractivity contribution >= 4 is 39.3 Å². The molecule has 0 saturated heterocycles. The van der Waals surface area contributed by atoms with Crippen LogP contribution in [-0.2, 0) is 16.1 Å². The SMILES string of the molecule is COC(=O)C1CCn2c(C(=O)c3ccccc3Br)cc(Cl)c21. The first-order valence-electron chi connectivity index (χ1n) is 6.80. The van der Waals surface area contributed by atoms with Gasteiger partial charge in [-0.05, 0) is 24.6 Å². The first kappa shape index (κ1) is 15.3. The van der Waals surface area contributed by atoms with E-state index in [0.717, 1.165) is 4.47 Å². The topological polar surface area (TPSA) is 48.3 Å². The number of hydrogen-bond acceptors (Lipinski definition) is 3. The van der Waals surface area contributed by atoms with E-state index in [9.17, 15) is 9.59 Å². The average molecular weight is 383 g/mol. The van der Waals surface area contributed by atoms with Gasteiger partial charge >= 0.3 is 5.97 Å². The molecule has 0 N–H and O–H groups in total. The number of carbonyl (C=O) groups is 2. The minimum absolute atomic E-state index is 0.119. The fourth-order valence-corrected chi connectivity index (χ4v) is 3.67. The van der Waals surface area contributed by atoms with Crippen molar-refractivity contribution < 1.29 is 14.3 Å². The summed E-state index contributed by atoms with van der Waals surface area (Å²) in [6.45, 7) is 0.577. The number of carbonyl (C=O) groups excluding carboxylic acids is 2. The van der Waals surface area contributed by atoms with Gasteiger partial charge in [0.1, 0.15) is 5.92 Å². The zero-order valence-corrected chi connectivity index (χ0v) is 14.1. The van der Waals surface area contributed by atoms with Gasteiger partial charge in [-0.3, -0.25) is 9.59 Å². The highest BCUT2D eigenvalue weighted by Gasteiger charge is 2.35. The van der Waals surface area contributed by atoms with E-state index >= 15 is 0 Å². The molecule has 1 aromatic carbocycles. The molecule has 6 heteroatoms. The normalized spacial score (nSPS) is 16.4. The largest absolute Gasteiger partial charge is 0.469 e. The zero-order valence-electron chi connectivity index (χ0n) is 11.8. The maximum absolute atomic E-state index is 12.8. The highest BCUT2D eigenvalue weighted by atomic mass is 79.9. The molecule has 3 rings (SSSR count). The van der Waals surface area contributed by atoms with E-state index in [1.165, 1.54) is 7.11 Å². The maximum Gasteiger partial charge on any atom is 0.314 e. The number of aromatic nitrogens is 1. The van der Waals surface area contributed by atoms with Gasteiger partial charge in [0.2, 0.25) is 5.78 Å². The molecule has 1 aromatic heterocycles. The Morgan fingerprint density at radius 2 is 2.09 bits per heavy atom. The molecule has 2 heterocycles. The minimum atomic E-state index is -0.404. The van der Waals surface area contributed by atoms with Crippen LogP contribution in [0.4, 0.5) is 0 Å². The monoisotopic (exact) mass is 381 g/mol. The Hall–Kier alpha value is -1.59. The van der Waals surface area contributed by atoms with Crippen LogP contribution in [0.5, 0.6) is 0 Å².